The van der Waals surface area contributed by atoms with Gasteiger partial charge in [0.05, 0.1) is 6.54 Å². The van der Waals surface area contributed by atoms with Crippen molar-refractivity contribution in [2.24, 2.45) is 5.92 Å². The maximum absolute atomic E-state index is 12.8. The molecule has 1 saturated carbocycles. The van der Waals surface area contributed by atoms with Crippen molar-refractivity contribution in [1.29, 1.82) is 0 Å². The molecule has 1 unspecified atom stereocenters. The molecule has 21 heavy (non-hydrogen) atoms. The van der Waals surface area contributed by atoms with Crippen LogP contribution >= 0.6 is 0 Å². The number of nitrogens with zero attached hydrogens (tertiary/aromatic N) is 1. The van der Waals surface area contributed by atoms with Gasteiger partial charge < -0.3 is 10.2 Å². The molecule has 1 heterocycles. The third kappa shape index (κ3) is 2.43. The second kappa shape index (κ2) is 4.86. The largest absolute Gasteiger partial charge is 0.340 e. The van der Waals surface area contributed by atoms with Gasteiger partial charge >= 0.3 is 0 Å². The van der Waals surface area contributed by atoms with Crippen LogP contribution in [0.2, 0.25) is 0 Å². The van der Waals surface area contributed by atoms with E-state index in [1.54, 1.807) is 4.90 Å². The zero-order valence-electron chi connectivity index (χ0n) is 12.9. The first-order chi connectivity index (χ1) is 9.91. The second-order valence-electron chi connectivity index (χ2n) is 6.56. The number of carbonyl (C=O) groups is 2. The summed E-state index contributed by atoms with van der Waals surface area (Å²) >= 11 is 0. The molecule has 1 saturated heterocycles. The molecule has 1 aliphatic carbocycles. The van der Waals surface area contributed by atoms with Crippen molar-refractivity contribution in [2.75, 3.05) is 6.54 Å². The molecular weight excluding hydrogens is 264 g/mol. The molecule has 3 rings (SSSR count). The molecule has 0 bridgehead atoms. The summed E-state index contributed by atoms with van der Waals surface area (Å²) in [4.78, 5) is 26.5. The maximum Gasteiger partial charge on any atom is 0.249 e. The maximum atomic E-state index is 12.8. The van der Waals surface area contributed by atoms with Crippen LogP contribution in [0.25, 0.3) is 0 Å². The summed E-state index contributed by atoms with van der Waals surface area (Å²) in [6.07, 6.45) is 2.06. The summed E-state index contributed by atoms with van der Waals surface area (Å²) in [5, 5.41) is 2.92. The van der Waals surface area contributed by atoms with E-state index >= 15 is 0 Å². The zero-order valence-corrected chi connectivity index (χ0v) is 12.9. The Morgan fingerprint density at radius 2 is 1.86 bits per heavy atom. The fraction of sp³-hybridized carbons (Fsp3) is 0.529. The lowest BCUT2D eigenvalue weighted by atomic mass is 9.91. The van der Waals surface area contributed by atoms with Crippen LogP contribution in [-0.4, -0.2) is 28.8 Å². The van der Waals surface area contributed by atoms with Crippen LogP contribution in [0.4, 0.5) is 0 Å². The lowest BCUT2D eigenvalue weighted by Crippen LogP contribution is -2.66. The molecule has 0 spiro atoms. The Morgan fingerprint density at radius 3 is 2.43 bits per heavy atom. The number of aryl methyl sites for hydroxylation is 2. The molecule has 1 N–H and O–H groups in total. The predicted octanol–water partition coefficient (Wildman–Crippen LogP) is 1.93. The van der Waals surface area contributed by atoms with Crippen LogP contribution in [-0.2, 0) is 16.1 Å². The SMILES string of the molecule is Cc1cccc(C)c1CN1CC(=O)NC(C)(C2CC2)C1=O. The number of amides is 2. The number of benzene rings is 1. The van der Waals surface area contributed by atoms with Gasteiger partial charge in [-0.1, -0.05) is 18.2 Å². The molecule has 1 aromatic rings. The first kappa shape index (κ1) is 14.1. The molecule has 1 aliphatic heterocycles. The highest BCUT2D eigenvalue weighted by Gasteiger charge is 2.52. The molecule has 0 aromatic heterocycles. The van der Waals surface area contributed by atoms with Gasteiger partial charge in [-0.25, -0.2) is 0 Å². The fourth-order valence-corrected chi connectivity index (χ4v) is 3.31. The standard InChI is InChI=1S/C17H22N2O2/c1-11-5-4-6-12(2)14(11)9-19-10-15(20)18-17(3,16(19)21)13-7-8-13/h4-6,13H,7-10H2,1-3H3,(H,18,20). The molecule has 2 aliphatic rings. The van der Waals surface area contributed by atoms with Gasteiger partial charge in [0.25, 0.3) is 0 Å². The van der Waals surface area contributed by atoms with Gasteiger partial charge in [0.2, 0.25) is 11.8 Å². The third-order valence-electron chi connectivity index (χ3n) is 4.85. The van der Waals surface area contributed by atoms with Crippen molar-refractivity contribution < 1.29 is 9.59 Å². The minimum Gasteiger partial charge on any atom is -0.340 e. The van der Waals surface area contributed by atoms with E-state index in [0.717, 1.165) is 18.4 Å². The van der Waals surface area contributed by atoms with Gasteiger partial charge in [-0.05, 0) is 56.2 Å². The predicted molar refractivity (Wildman–Crippen MR) is 80.6 cm³/mol. The van der Waals surface area contributed by atoms with Crippen molar-refractivity contribution >= 4 is 11.8 Å². The van der Waals surface area contributed by atoms with Crippen LogP contribution in [0.15, 0.2) is 18.2 Å². The van der Waals surface area contributed by atoms with Crippen molar-refractivity contribution in [2.45, 2.75) is 45.7 Å². The van der Waals surface area contributed by atoms with E-state index in [1.165, 1.54) is 11.1 Å². The molecule has 0 radical (unpaired) electrons. The zero-order chi connectivity index (χ0) is 15.2. The van der Waals surface area contributed by atoms with E-state index in [9.17, 15) is 9.59 Å². The Hall–Kier alpha value is -1.84. The lowest BCUT2D eigenvalue weighted by molar-refractivity contribution is -0.150. The summed E-state index contributed by atoms with van der Waals surface area (Å²) in [5.41, 5.74) is 2.79. The van der Waals surface area contributed by atoms with Gasteiger partial charge in [0, 0.05) is 6.54 Å². The second-order valence-corrected chi connectivity index (χ2v) is 6.56. The Bertz CT molecular complexity index is 587. The van der Waals surface area contributed by atoms with E-state index in [4.69, 9.17) is 0 Å². The Kier molecular flexibility index (Phi) is 3.27. The highest BCUT2D eigenvalue weighted by molar-refractivity contribution is 5.98. The first-order valence-electron chi connectivity index (χ1n) is 7.57. The van der Waals surface area contributed by atoms with Crippen LogP contribution in [0, 0.1) is 19.8 Å². The van der Waals surface area contributed by atoms with E-state index in [0.29, 0.717) is 12.5 Å². The lowest BCUT2D eigenvalue weighted by Gasteiger charge is -2.40. The van der Waals surface area contributed by atoms with Crippen LogP contribution in [0.5, 0.6) is 0 Å². The molecule has 4 nitrogen and oxygen atoms in total. The monoisotopic (exact) mass is 286 g/mol. The van der Waals surface area contributed by atoms with Crippen molar-refractivity contribution in [3.05, 3.63) is 34.9 Å². The summed E-state index contributed by atoms with van der Waals surface area (Å²) in [6.45, 7) is 6.66. The van der Waals surface area contributed by atoms with Gasteiger partial charge in [0.1, 0.15) is 5.54 Å². The number of piperazine rings is 1. The van der Waals surface area contributed by atoms with Crippen LogP contribution in [0.1, 0.15) is 36.5 Å². The Labute approximate surface area is 125 Å². The molecule has 2 fully saturated rings. The van der Waals surface area contributed by atoms with Crippen LogP contribution < -0.4 is 5.32 Å². The third-order valence-corrected chi connectivity index (χ3v) is 4.85. The van der Waals surface area contributed by atoms with Gasteiger partial charge in [0.15, 0.2) is 0 Å². The molecule has 1 atom stereocenters. The highest BCUT2D eigenvalue weighted by atomic mass is 16.2. The summed E-state index contributed by atoms with van der Waals surface area (Å²) < 4.78 is 0. The summed E-state index contributed by atoms with van der Waals surface area (Å²) in [7, 11) is 0. The van der Waals surface area contributed by atoms with E-state index < -0.39 is 5.54 Å². The van der Waals surface area contributed by atoms with Crippen molar-refractivity contribution in [3.8, 4) is 0 Å². The van der Waals surface area contributed by atoms with E-state index in [2.05, 4.69) is 31.3 Å². The molecule has 4 heteroatoms. The van der Waals surface area contributed by atoms with Gasteiger partial charge in [-0.3, -0.25) is 9.59 Å². The van der Waals surface area contributed by atoms with Crippen molar-refractivity contribution in [1.82, 2.24) is 10.2 Å². The summed E-state index contributed by atoms with van der Waals surface area (Å²) in [6, 6.07) is 6.13. The van der Waals surface area contributed by atoms with E-state index in [1.807, 2.05) is 13.0 Å². The molecule has 2 amide bonds. The number of rotatable bonds is 3. The minimum atomic E-state index is -0.702. The fourth-order valence-electron chi connectivity index (χ4n) is 3.31. The Balaban J connectivity index is 1.87. The average Bonchev–Trinajstić information content (AvgIpc) is 3.24. The molecule has 112 valence electrons. The topological polar surface area (TPSA) is 49.4 Å². The number of nitrogens with one attached hydrogen (secondary N) is 1. The number of carbonyl (C=O) groups excluding carboxylic acids is 2. The van der Waals surface area contributed by atoms with E-state index in [-0.39, 0.29) is 18.4 Å². The van der Waals surface area contributed by atoms with Crippen LogP contribution in [0.3, 0.4) is 0 Å². The summed E-state index contributed by atoms with van der Waals surface area (Å²) in [5.74, 6) is 0.317. The quantitative estimate of drug-likeness (QED) is 0.923. The van der Waals surface area contributed by atoms with Crippen molar-refractivity contribution in [3.63, 3.8) is 0 Å². The smallest absolute Gasteiger partial charge is 0.249 e. The minimum absolute atomic E-state index is 0.0461. The highest BCUT2D eigenvalue weighted by Crippen LogP contribution is 2.41. The average molecular weight is 286 g/mol. The number of hydrogen-bond acceptors (Lipinski definition) is 2. The molecule has 1 aromatic carbocycles. The Morgan fingerprint density at radius 1 is 1.24 bits per heavy atom. The first-order valence-corrected chi connectivity index (χ1v) is 7.57. The normalized spacial score (nSPS) is 26.0. The number of hydrogen-bond donors (Lipinski definition) is 1. The van der Waals surface area contributed by atoms with Gasteiger partial charge in [-0.2, -0.15) is 0 Å². The van der Waals surface area contributed by atoms with Gasteiger partial charge in [-0.15, -0.1) is 0 Å². The molecular formula is C17H22N2O2.